The van der Waals surface area contributed by atoms with Gasteiger partial charge in [0.1, 0.15) is 16.7 Å². The van der Waals surface area contributed by atoms with Crippen LogP contribution in [0.4, 0.5) is 5.82 Å². The fourth-order valence-electron chi connectivity index (χ4n) is 1.60. The van der Waals surface area contributed by atoms with Crippen LogP contribution in [-0.2, 0) is 6.42 Å². The first-order valence-corrected chi connectivity index (χ1v) is 7.41. The summed E-state index contributed by atoms with van der Waals surface area (Å²) in [5, 5.41) is 0.988. The van der Waals surface area contributed by atoms with Crippen molar-refractivity contribution in [3.63, 3.8) is 0 Å². The maximum Gasteiger partial charge on any atom is 0.144 e. The molecule has 1 heterocycles. The molecule has 6 heteroatoms. The van der Waals surface area contributed by atoms with Crippen molar-refractivity contribution in [1.29, 1.82) is 0 Å². The molecule has 0 saturated heterocycles. The van der Waals surface area contributed by atoms with E-state index in [2.05, 4.69) is 34.1 Å². The second-order valence-corrected chi connectivity index (χ2v) is 5.00. The molecule has 0 unspecified atom stereocenters. The third kappa shape index (κ3) is 4.80. The Labute approximate surface area is 114 Å². The lowest BCUT2D eigenvalue weighted by Gasteiger charge is -2.17. The number of hydrazine groups is 1. The lowest BCUT2D eigenvalue weighted by Crippen LogP contribution is -2.25. The highest BCUT2D eigenvalue weighted by atomic mass is 32.2. The highest BCUT2D eigenvalue weighted by Gasteiger charge is 2.04. The van der Waals surface area contributed by atoms with Crippen molar-refractivity contribution < 1.29 is 0 Å². The lowest BCUT2D eigenvalue weighted by atomic mass is 10.4. The molecule has 0 radical (unpaired) electrons. The van der Waals surface area contributed by atoms with Gasteiger partial charge in [0.25, 0.3) is 0 Å². The van der Waals surface area contributed by atoms with E-state index in [-0.39, 0.29) is 0 Å². The molecule has 18 heavy (non-hydrogen) atoms. The second kappa shape index (κ2) is 8.29. The fourth-order valence-corrected chi connectivity index (χ4v) is 2.52. The van der Waals surface area contributed by atoms with Crippen molar-refractivity contribution in [1.82, 2.24) is 14.9 Å². The van der Waals surface area contributed by atoms with Crippen molar-refractivity contribution in [3.8, 4) is 0 Å². The molecule has 0 bridgehead atoms. The SMILES string of the molecule is CCc1nc(NN)cc(SCCN(CC)CC)n1. The number of hydrogen-bond donors (Lipinski definition) is 2. The first-order valence-electron chi connectivity index (χ1n) is 6.43. The Bertz CT molecular complexity index is 332. The number of nitrogens with zero attached hydrogens (tertiary/aromatic N) is 3. The van der Waals surface area contributed by atoms with Gasteiger partial charge in [-0.3, -0.25) is 0 Å². The first-order chi connectivity index (χ1) is 8.73. The summed E-state index contributed by atoms with van der Waals surface area (Å²) in [6.45, 7) is 9.68. The van der Waals surface area contributed by atoms with Crippen LogP contribution in [0.3, 0.4) is 0 Å². The normalized spacial score (nSPS) is 10.9. The zero-order valence-corrected chi connectivity index (χ0v) is 12.3. The molecule has 0 aliphatic heterocycles. The van der Waals surface area contributed by atoms with Crippen LogP contribution in [0.5, 0.6) is 0 Å². The molecule has 0 atom stereocenters. The molecule has 102 valence electrons. The molecule has 0 aromatic carbocycles. The molecule has 3 N–H and O–H groups in total. The maximum absolute atomic E-state index is 5.40. The van der Waals surface area contributed by atoms with E-state index in [4.69, 9.17) is 5.84 Å². The van der Waals surface area contributed by atoms with Crippen LogP contribution in [0.25, 0.3) is 0 Å². The number of aromatic nitrogens is 2. The van der Waals surface area contributed by atoms with Crippen molar-refractivity contribution in [3.05, 3.63) is 11.9 Å². The molecule has 0 spiro atoms. The molecule has 0 amide bonds. The maximum atomic E-state index is 5.40. The van der Waals surface area contributed by atoms with Crippen LogP contribution in [0.2, 0.25) is 0 Å². The van der Waals surface area contributed by atoms with E-state index in [1.54, 1.807) is 11.8 Å². The Morgan fingerprint density at radius 2 is 2.00 bits per heavy atom. The van der Waals surface area contributed by atoms with Crippen molar-refractivity contribution >= 4 is 17.6 Å². The van der Waals surface area contributed by atoms with Gasteiger partial charge in [0, 0.05) is 24.8 Å². The molecule has 0 saturated carbocycles. The molecule has 1 rings (SSSR count). The Hall–Kier alpha value is -0.850. The summed E-state index contributed by atoms with van der Waals surface area (Å²) >= 11 is 1.75. The average Bonchev–Trinajstić information content (AvgIpc) is 2.43. The average molecular weight is 269 g/mol. The van der Waals surface area contributed by atoms with E-state index in [0.717, 1.165) is 42.7 Å². The Kier molecular flexibility index (Phi) is 7.00. The summed E-state index contributed by atoms with van der Waals surface area (Å²) in [6, 6.07) is 1.89. The third-order valence-corrected chi connectivity index (χ3v) is 3.66. The van der Waals surface area contributed by atoms with Crippen LogP contribution in [-0.4, -0.2) is 40.3 Å². The highest BCUT2D eigenvalue weighted by molar-refractivity contribution is 7.99. The minimum Gasteiger partial charge on any atom is -0.308 e. The van der Waals surface area contributed by atoms with Gasteiger partial charge in [-0.2, -0.15) is 0 Å². The number of aryl methyl sites for hydroxylation is 1. The monoisotopic (exact) mass is 269 g/mol. The third-order valence-electron chi connectivity index (χ3n) is 2.76. The molecule has 5 nitrogen and oxygen atoms in total. The Morgan fingerprint density at radius 1 is 1.28 bits per heavy atom. The van der Waals surface area contributed by atoms with Gasteiger partial charge in [-0.1, -0.05) is 20.8 Å². The lowest BCUT2D eigenvalue weighted by molar-refractivity contribution is 0.324. The van der Waals surface area contributed by atoms with E-state index in [1.165, 1.54) is 0 Å². The van der Waals surface area contributed by atoms with E-state index < -0.39 is 0 Å². The second-order valence-electron chi connectivity index (χ2n) is 3.88. The van der Waals surface area contributed by atoms with Crippen LogP contribution in [0, 0.1) is 0 Å². The van der Waals surface area contributed by atoms with Gasteiger partial charge in [-0.25, -0.2) is 15.8 Å². The summed E-state index contributed by atoms with van der Waals surface area (Å²) in [5.41, 5.74) is 2.59. The standard InChI is InChI=1S/C12H23N5S/c1-4-10-14-11(16-13)9-12(15-10)18-8-7-17(5-2)6-3/h9H,4-8,13H2,1-3H3,(H,14,15,16). The predicted octanol–water partition coefficient (Wildman–Crippen LogP) is 1.76. The van der Waals surface area contributed by atoms with Crippen LogP contribution < -0.4 is 11.3 Å². The van der Waals surface area contributed by atoms with Crippen molar-refractivity contribution in [2.45, 2.75) is 32.2 Å². The topological polar surface area (TPSA) is 67.1 Å². The quantitative estimate of drug-likeness (QED) is 0.324. The molecular formula is C12H23N5S. The number of nitrogens with two attached hydrogens (primary N) is 1. The summed E-state index contributed by atoms with van der Waals surface area (Å²) in [7, 11) is 0. The number of anilines is 1. The summed E-state index contributed by atoms with van der Waals surface area (Å²) < 4.78 is 0. The van der Waals surface area contributed by atoms with E-state index in [1.807, 2.05) is 13.0 Å². The van der Waals surface area contributed by atoms with E-state index >= 15 is 0 Å². The van der Waals surface area contributed by atoms with Crippen molar-refractivity contribution in [2.24, 2.45) is 5.84 Å². The van der Waals surface area contributed by atoms with Crippen LogP contribution in [0.15, 0.2) is 11.1 Å². The first kappa shape index (κ1) is 15.2. The smallest absolute Gasteiger partial charge is 0.144 e. The Balaban J connectivity index is 2.55. The number of hydrogen-bond acceptors (Lipinski definition) is 6. The summed E-state index contributed by atoms with van der Waals surface area (Å²) in [6.07, 6.45) is 0.819. The zero-order chi connectivity index (χ0) is 13.4. The zero-order valence-electron chi connectivity index (χ0n) is 11.4. The number of rotatable bonds is 8. The van der Waals surface area contributed by atoms with Crippen LogP contribution >= 0.6 is 11.8 Å². The number of nitrogen functional groups attached to an aromatic ring is 1. The fraction of sp³-hybridized carbons (Fsp3) is 0.667. The number of thioether (sulfide) groups is 1. The predicted molar refractivity (Wildman–Crippen MR) is 77.7 cm³/mol. The van der Waals surface area contributed by atoms with Gasteiger partial charge in [0.15, 0.2) is 0 Å². The molecule has 1 aromatic heterocycles. The van der Waals surface area contributed by atoms with Gasteiger partial charge >= 0.3 is 0 Å². The number of nitrogens with one attached hydrogen (secondary N) is 1. The summed E-state index contributed by atoms with van der Waals surface area (Å²) in [4.78, 5) is 11.2. The van der Waals surface area contributed by atoms with E-state index in [0.29, 0.717) is 5.82 Å². The highest BCUT2D eigenvalue weighted by Crippen LogP contribution is 2.18. The molecule has 1 aromatic rings. The largest absolute Gasteiger partial charge is 0.308 e. The summed E-state index contributed by atoms with van der Waals surface area (Å²) in [5.74, 6) is 7.95. The van der Waals surface area contributed by atoms with Gasteiger partial charge in [-0.05, 0) is 13.1 Å². The van der Waals surface area contributed by atoms with Gasteiger partial charge in [-0.15, -0.1) is 11.8 Å². The Morgan fingerprint density at radius 3 is 2.56 bits per heavy atom. The van der Waals surface area contributed by atoms with Crippen molar-refractivity contribution in [2.75, 3.05) is 30.8 Å². The molecule has 0 aliphatic rings. The molecular weight excluding hydrogens is 246 g/mol. The van der Waals surface area contributed by atoms with Gasteiger partial charge in [0.2, 0.25) is 0 Å². The van der Waals surface area contributed by atoms with Gasteiger partial charge < -0.3 is 10.3 Å². The van der Waals surface area contributed by atoms with E-state index in [9.17, 15) is 0 Å². The molecule has 0 aliphatic carbocycles. The minimum atomic E-state index is 0.687. The molecule has 0 fully saturated rings. The minimum absolute atomic E-state index is 0.687. The van der Waals surface area contributed by atoms with Gasteiger partial charge in [0.05, 0.1) is 0 Å². The van der Waals surface area contributed by atoms with Crippen LogP contribution in [0.1, 0.15) is 26.6 Å².